The van der Waals surface area contributed by atoms with Crippen molar-refractivity contribution in [1.82, 2.24) is 10.2 Å². The largest absolute Gasteiger partial charge is 0.494 e. The number of imide groups is 1. The zero-order valence-corrected chi connectivity index (χ0v) is 12.6. The Kier molecular flexibility index (Phi) is 5.33. The molecule has 0 spiro atoms. The molecule has 1 saturated heterocycles. The van der Waals surface area contributed by atoms with Gasteiger partial charge in [0.05, 0.1) is 12.6 Å². The molecule has 1 atom stereocenters. The van der Waals surface area contributed by atoms with Crippen LogP contribution in [0.5, 0.6) is 5.75 Å². The molecule has 2 amide bonds. The van der Waals surface area contributed by atoms with Gasteiger partial charge >= 0.3 is 0 Å². The van der Waals surface area contributed by atoms with E-state index in [9.17, 15) is 9.59 Å². The van der Waals surface area contributed by atoms with Crippen molar-refractivity contribution in [3.05, 3.63) is 29.8 Å². The minimum atomic E-state index is -0.126. The first-order chi connectivity index (χ1) is 10.2. The molecule has 1 aliphatic rings. The van der Waals surface area contributed by atoms with Crippen molar-refractivity contribution in [3.63, 3.8) is 0 Å². The van der Waals surface area contributed by atoms with Crippen molar-refractivity contribution in [2.24, 2.45) is 0 Å². The predicted molar refractivity (Wildman–Crippen MR) is 80.0 cm³/mol. The molecular formula is C16H22N2O3. The molecule has 114 valence electrons. The molecule has 1 unspecified atom stereocenters. The van der Waals surface area contributed by atoms with Crippen LogP contribution < -0.4 is 10.1 Å². The molecule has 5 nitrogen and oxygen atoms in total. The molecule has 1 aromatic carbocycles. The number of nitrogens with one attached hydrogen (secondary N) is 1. The molecule has 5 heteroatoms. The van der Waals surface area contributed by atoms with Gasteiger partial charge in [0.25, 0.3) is 0 Å². The zero-order valence-electron chi connectivity index (χ0n) is 12.6. The van der Waals surface area contributed by atoms with Gasteiger partial charge in [-0.05, 0) is 26.5 Å². The number of likely N-dealkylation sites (tertiary alicyclic amines) is 1. The fourth-order valence-electron chi connectivity index (χ4n) is 2.59. The third-order valence-electron chi connectivity index (χ3n) is 3.69. The maximum atomic E-state index is 11.9. The molecular weight excluding hydrogens is 268 g/mol. The van der Waals surface area contributed by atoms with Crippen LogP contribution in [-0.4, -0.2) is 36.9 Å². The summed E-state index contributed by atoms with van der Waals surface area (Å²) in [6, 6.07) is 7.59. The Hall–Kier alpha value is -1.88. The summed E-state index contributed by atoms with van der Waals surface area (Å²) >= 11 is 0. The van der Waals surface area contributed by atoms with Crippen LogP contribution in [0.1, 0.15) is 37.8 Å². The Morgan fingerprint density at radius 3 is 2.52 bits per heavy atom. The van der Waals surface area contributed by atoms with Crippen LogP contribution in [0.15, 0.2) is 24.3 Å². The van der Waals surface area contributed by atoms with E-state index in [1.807, 2.05) is 38.2 Å². The number of piperidine rings is 1. The normalized spacial score (nSPS) is 17.0. The summed E-state index contributed by atoms with van der Waals surface area (Å²) < 4.78 is 5.63. The van der Waals surface area contributed by atoms with E-state index >= 15 is 0 Å². The minimum absolute atomic E-state index is 0.0830. The number of carbonyl (C=O) groups is 2. The molecule has 0 aromatic heterocycles. The van der Waals surface area contributed by atoms with E-state index in [-0.39, 0.29) is 17.9 Å². The molecule has 2 rings (SSSR count). The molecule has 1 fully saturated rings. The van der Waals surface area contributed by atoms with Crippen LogP contribution in [0.3, 0.4) is 0 Å². The van der Waals surface area contributed by atoms with E-state index in [4.69, 9.17) is 4.74 Å². The van der Waals surface area contributed by atoms with Crippen molar-refractivity contribution in [2.75, 3.05) is 20.2 Å². The molecule has 0 bridgehead atoms. The number of carbonyl (C=O) groups excluding carboxylic acids is 2. The number of benzene rings is 1. The van der Waals surface area contributed by atoms with Gasteiger partial charge in [-0.25, -0.2) is 0 Å². The van der Waals surface area contributed by atoms with Crippen molar-refractivity contribution < 1.29 is 14.3 Å². The molecule has 1 N–H and O–H groups in total. The Bertz CT molecular complexity index is 500. The van der Waals surface area contributed by atoms with E-state index in [0.717, 1.165) is 11.3 Å². The van der Waals surface area contributed by atoms with Crippen molar-refractivity contribution >= 4 is 11.8 Å². The maximum absolute atomic E-state index is 11.9. The number of likely N-dealkylation sites (N-methyl/N-ethyl adjacent to an activating group) is 1. The second-order valence-electron chi connectivity index (χ2n) is 5.06. The fraction of sp³-hybridized carbons (Fsp3) is 0.500. The number of hydrogen-bond acceptors (Lipinski definition) is 4. The van der Waals surface area contributed by atoms with Gasteiger partial charge in [0.2, 0.25) is 11.8 Å². The van der Waals surface area contributed by atoms with Crippen LogP contribution in [0, 0.1) is 0 Å². The van der Waals surface area contributed by atoms with Crippen LogP contribution in [0.2, 0.25) is 0 Å². The molecule has 1 aliphatic heterocycles. The summed E-state index contributed by atoms with van der Waals surface area (Å²) in [5.74, 6) is 0.622. The second kappa shape index (κ2) is 7.22. The molecule has 0 saturated carbocycles. The average Bonchev–Trinajstić information content (AvgIpc) is 2.48. The number of nitrogens with zero attached hydrogens (tertiary/aromatic N) is 1. The van der Waals surface area contributed by atoms with Gasteiger partial charge in [-0.15, -0.1) is 0 Å². The molecule has 0 radical (unpaired) electrons. The lowest BCUT2D eigenvalue weighted by Gasteiger charge is -2.29. The third kappa shape index (κ3) is 3.61. The monoisotopic (exact) mass is 290 g/mol. The summed E-state index contributed by atoms with van der Waals surface area (Å²) in [7, 11) is 1.83. The summed E-state index contributed by atoms with van der Waals surface area (Å²) in [4.78, 5) is 25.3. The quantitative estimate of drug-likeness (QED) is 0.813. The van der Waals surface area contributed by atoms with Gasteiger partial charge in [0.1, 0.15) is 5.75 Å². The smallest absolute Gasteiger partial charge is 0.229 e. The Morgan fingerprint density at radius 1 is 1.24 bits per heavy atom. The van der Waals surface area contributed by atoms with Crippen LogP contribution in [0.4, 0.5) is 0 Å². The first-order valence-corrected chi connectivity index (χ1v) is 7.39. The molecule has 1 aromatic rings. The lowest BCUT2D eigenvalue weighted by atomic mass is 10.0. The van der Waals surface area contributed by atoms with Gasteiger partial charge in [0.15, 0.2) is 0 Å². The van der Waals surface area contributed by atoms with Crippen LogP contribution >= 0.6 is 0 Å². The molecule has 0 aliphatic carbocycles. The first-order valence-electron chi connectivity index (χ1n) is 7.39. The van der Waals surface area contributed by atoms with E-state index in [0.29, 0.717) is 32.4 Å². The SMILES string of the molecule is CCOc1ccccc1C(CN1C(=O)CCCC1=O)NC. The minimum Gasteiger partial charge on any atom is -0.494 e. The highest BCUT2D eigenvalue weighted by Gasteiger charge is 2.29. The lowest BCUT2D eigenvalue weighted by Crippen LogP contribution is -2.44. The number of amides is 2. The summed E-state index contributed by atoms with van der Waals surface area (Å²) in [5.41, 5.74) is 0.966. The number of hydrogen-bond donors (Lipinski definition) is 1. The summed E-state index contributed by atoms with van der Waals surface area (Å²) in [6.45, 7) is 2.86. The van der Waals surface area contributed by atoms with Crippen molar-refractivity contribution in [1.29, 1.82) is 0 Å². The fourth-order valence-corrected chi connectivity index (χ4v) is 2.59. The topological polar surface area (TPSA) is 58.6 Å². The highest BCUT2D eigenvalue weighted by molar-refractivity contribution is 5.97. The van der Waals surface area contributed by atoms with E-state index in [2.05, 4.69) is 5.32 Å². The molecule has 1 heterocycles. The van der Waals surface area contributed by atoms with Crippen LogP contribution in [0.25, 0.3) is 0 Å². The standard InChI is InChI=1S/C16H22N2O3/c1-3-21-14-8-5-4-7-12(14)13(17-2)11-18-15(19)9-6-10-16(18)20/h4-5,7-8,13,17H,3,6,9-11H2,1-2H3. The average molecular weight is 290 g/mol. The van der Waals surface area contributed by atoms with Gasteiger partial charge in [-0.3, -0.25) is 14.5 Å². The second-order valence-corrected chi connectivity index (χ2v) is 5.06. The number of ether oxygens (including phenoxy) is 1. The summed E-state index contributed by atoms with van der Waals surface area (Å²) in [6.07, 6.45) is 1.57. The lowest BCUT2D eigenvalue weighted by molar-refractivity contribution is -0.148. The number of rotatable bonds is 6. The van der Waals surface area contributed by atoms with Gasteiger partial charge < -0.3 is 10.1 Å². The maximum Gasteiger partial charge on any atom is 0.229 e. The number of para-hydroxylation sites is 1. The Labute approximate surface area is 125 Å². The Morgan fingerprint density at radius 2 is 1.90 bits per heavy atom. The zero-order chi connectivity index (χ0) is 15.2. The highest BCUT2D eigenvalue weighted by Crippen LogP contribution is 2.27. The van der Waals surface area contributed by atoms with Gasteiger partial charge in [0, 0.05) is 24.9 Å². The van der Waals surface area contributed by atoms with E-state index < -0.39 is 0 Å². The van der Waals surface area contributed by atoms with Crippen molar-refractivity contribution in [3.8, 4) is 5.75 Å². The van der Waals surface area contributed by atoms with Gasteiger partial charge in [-0.1, -0.05) is 18.2 Å². The first kappa shape index (κ1) is 15.5. The van der Waals surface area contributed by atoms with Gasteiger partial charge in [-0.2, -0.15) is 0 Å². The Balaban J connectivity index is 2.19. The third-order valence-corrected chi connectivity index (χ3v) is 3.69. The van der Waals surface area contributed by atoms with Crippen molar-refractivity contribution in [2.45, 2.75) is 32.2 Å². The molecule has 21 heavy (non-hydrogen) atoms. The highest BCUT2D eigenvalue weighted by atomic mass is 16.5. The van der Waals surface area contributed by atoms with E-state index in [1.54, 1.807) is 0 Å². The van der Waals surface area contributed by atoms with E-state index in [1.165, 1.54) is 4.90 Å². The van der Waals surface area contributed by atoms with Crippen LogP contribution in [-0.2, 0) is 9.59 Å². The summed E-state index contributed by atoms with van der Waals surface area (Å²) in [5, 5.41) is 3.18. The predicted octanol–water partition coefficient (Wildman–Crippen LogP) is 1.88.